The van der Waals surface area contributed by atoms with Crippen LogP contribution in [0.2, 0.25) is 0 Å². The zero-order valence-electron chi connectivity index (χ0n) is 9.13. The summed E-state index contributed by atoms with van der Waals surface area (Å²) < 4.78 is 48.3. The molecule has 0 N–H and O–H groups in total. The fourth-order valence-electron chi connectivity index (χ4n) is 2.33. The van der Waals surface area contributed by atoms with E-state index in [0.29, 0.717) is 13.1 Å². The van der Waals surface area contributed by atoms with Crippen LogP contribution in [0.4, 0.5) is 0 Å². The molecule has 1 atom stereocenters. The second-order valence-corrected chi connectivity index (χ2v) is 8.97. The Bertz CT molecular complexity index is 448. The molecule has 7 heteroatoms. The van der Waals surface area contributed by atoms with Gasteiger partial charge in [-0.25, -0.2) is 21.1 Å². The number of hydrogen-bond donors (Lipinski definition) is 0. The zero-order chi connectivity index (χ0) is 11.8. The molecule has 2 aliphatic heterocycles. The summed E-state index contributed by atoms with van der Waals surface area (Å²) in [7, 11) is -6.50. The molecule has 1 unspecified atom stereocenters. The van der Waals surface area contributed by atoms with Crippen molar-refractivity contribution >= 4 is 19.9 Å². The molecule has 5 nitrogen and oxygen atoms in total. The van der Waals surface area contributed by atoms with Crippen molar-refractivity contribution in [3.63, 3.8) is 0 Å². The van der Waals surface area contributed by atoms with Crippen LogP contribution in [-0.2, 0) is 19.9 Å². The first-order chi connectivity index (χ1) is 7.42. The molecule has 16 heavy (non-hydrogen) atoms. The summed E-state index contributed by atoms with van der Waals surface area (Å²) in [6.07, 6.45) is 3.10. The summed E-state index contributed by atoms with van der Waals surface area (Å²) in [4.78, 5) is 0. The van der Waals surface area contributed by atoms with Crippen molar-refractivity contribution in [3.05, 3.63) is 0 Å². The first-order valence-corrected chi connectivity index (χ1v) is 8.94. The maximum Gasteiger partial charge on any atom is 0.218 e. The molecule has 0 aromatic carbocycles. The highest BCUT2D eigenvalue weighted by Gasteiger charge is 2.40. The van der Waals surface area contributed by atoms with Gasteiger partial charge in [0.2, 0.25) is 10.0 Å². The Balaban J connectivity index is 2.13. The van der Waals surface area contributed by atoms with Gasteiger partial charge in [-0.3, -0.25) is 0 Å². The Hall–Kier alpha value is -0.140. The van der Waals surface area contributed by atoms with Gasteiger partial charge >= 0.3 is 0 Å². The van der Waals surface area contributed by atoms with Crippen LogP contribution in [-0.4, -0.2) is 51.0 Å². The monoisotopic (exact) mass is 267 g/mol. The molecular formula is C9H17NO4S2. The van der Waals surface area contributed by atoms with Gasteiger partial charge in [-0.05, 0) is 19.3 Å². The minimum absolute atomic E-state index is 0.0186. The Labute approximate surface area is 96.8 Å². The van der Waals surface area contributed by atoms with Gasteiger partial charge in [-0.1, -0.05) is 6.42 Å². The Kier molecular flexibility index (Phi) is 3.29. The normalized spacial score (nSPS) is 31.6. The van der Waals surface area contributed by atoms with E-state index in [1.165, 1.54) is 4.31 Å². The summed E-state index contributed by atoms with van der Waals surface area (Å²) in [5, 5.41) is -0.699. The second kappa shape index (κ2) is 4.27. The van der Waals surface area contributed by atoms with E-state index in [1.807, 2.05) is 0 Å². The SMILES string of the molecule is O=S1(=O)CCC(S(=O)(=O)N2CCCCC2)C1. The Morgan fingerprint density at radius 2 is 1.69 bits per heavy atom. The lowest BCUT2D eigenvalue weighted by atomic mass is 10.2. The standard InChI is InChI=1S/C9H17NO4S2/c11-15(12)7-4-9(8-15)16(13,14)10-5-2-1-3-6-10/h9H,1-8H2. The molecule has 0 spiro atoms. The largest absolute Gasteiger partial charge is 0.229 e. The number of hydrogen-bond acceptors (Lipinski definition) is 4. The van der Waals surface area contributed by atoms with Crippen molar-refractivity contribution in [2.45, 2.75) is 30.9 Å². The third-order valence-corrected chi connectivity index (χ3v) is 7.60. The maximum absolute atomic E-state index is 12.1. The molecule has 2 saturated heterocycles. The van der Waals surface area contributed by atoms with Gasteiger partial charge in [0.1, 0.15) is 0 Å². The summed E-state index contributed by atoms with van der Waals surface area (Å²) in [5.41, 5.74) is 0. The molecule has 0 amide bonds. The van der Waals surface area contributed by atoms with Crippen LogP contribution in [0.25, 0.3) is 0 Å². The van der Waals surface area contributed by atoms with Gasteiger partial charge in [-0.15, -0.1) is 0 Å². The summed E-state index contributed by atoms with van der Waals surface area (Å²) in [6, 6.07) is 0. The molecule has 0 bridgehead atoms. The van der Waals surface area contributed by atoms with Crippen LogP contribution in [0.15, 0.2) is 0 Å². The van der Waals surface area contributed by atoms with Gasteiger partial charge in [0.05, 0.1) is 16.8 Å². The van der Waals surface area contributed by atoms with Gasteiger partial charge in [0.25, 0.3) is 0 Å². The van der Waals surface area contributed by atoms with Gasteiger partial charge in [-0.2, -0.15) is 0 Å². The lowest BCUT2D eigenvalue weighted by Gasteiger charge is -2.28. The van der Waals surface area contributed by atoms with Crippen molar-refractivity contribution in [2.75, 3.05) is 24.6 Å². The lowest BCUT2D eigenvalue weighted by Crippen LogP contribution is -2.42. The summed E-state index contributed by atoms with van der Waals surface area (Å²) in [6.45, 7) is 1.11. The topological polar surface area (TPSA) is 71.5 Å². The molecule has 0 aromatic heterocycles. The highest BCUT2D eigenvalue weighted by molar-refractivity contribution is 7.95. The van der Waals surface area contributed by atoms with E-state index in [-0.39, 0.29) is 17.9 Å². The fraction of sp³-hybridized carbons (Fsp3) is 1.00. The quantitative estimate of drug-likeness (QED) is 0.705. The highest BCUT2D eigenvalue weighted by atomic mass is 32.2. The molecule has 0 radical (unpaired) electrons. The van der Waals surface area contributed by atoms with E-state index < -0.39 is 25.1 Å². The van der Waals surface area contributed by atoms with Gasteiger partial charge in [0, 0.05) is 13.1 Å². The first kappa shape index (κ1) is 12.3. The molecule has 0 aliphatic carbocycles. The van der Waals surface area contributed by atoms with Crippen molar-refractivity contribution in [1.82, 2.24) is 4.31 Å². The third-order valence-electron chi connectivity index (χ3n) is 3.29. The zero-order valence-corrected chi connectivity index (χ0v) is 10.8. The highest BCUT2D eigenvalue weighted by Crippen LogP contribution is 2.24. The van der Waals surface area contributed by atoms with Crippen LogP contribution in [0, 0.1) is 0 Å². The van der Waals surface area contributed by atoms with Crippen molar-refractivity contribution in [3.8, 4) is 0 Å². The van der Waals surface area contributed by atoms with E-state index >= 15 is 0 Å². The molecule has 2 aliphatic rings. The van der Waals surface area contributed by atoms with E-state index in [0.717, 1.165) is 19.3 Å². The molecule has 0 aromatic rings. The predicted molar refractivity (Wildman–Crippen MR) is 61.4 cm³/mol. The number of sulfonamides is 1. The third kappa shape index (κ3) is 2.41. The van der Waals surface area contributed by atoms with Crippen LogP contribution in [0.3, 0.4) is 0 Å². The molecule has 2 rings (SSSR count). The molecule has 2 heterocycles. The summed E-state index contributed by atoms with van der Waals surface area (Å²) >= 11 is 0. The number of sulfone groups is 1. The van der Waals surface area contributed by atoms with Gasteiger partial charge < -0.3 is 0 Å². The molecule has 94 valence electrons. The van der Waals surface area contributed by atoms with Crippen molar-refractivity contribution in [1.29, 1.82) is 0 Å². The molecular weight excluding hydrogens is 250 g/mol. The number of nitrogens with zero attached hydrogens (tertiary/aromatic N) is 1. The van der Waals surface area contributed by atoms with E-state index in [4.69, 9.17) is 0 Å². The van der Waals surface area contributed by atoms with E-state index in [2.05, 4.69) is 0 Å². The molecule has 2 fully saturated rings. The second-order valence-electron chi connectivity index (χ2n) is 4.53. The predicted octanol–water partition coefficient (Wildman–Crippen LogP) is -0.0108. The average molecular weight is 267 g/mol. The first-order valence-electron chi connectivity index (χ1n) is 5.61. The van der Waals surface area contributed by atoms with Crippen LogP contribution in [0.1, 0.15) is 25.7 Å². The van der Waals surface area contributed by atoms with E-state index in [9.17, 15) is 16.8 Å². The van der Waals surface area contributed by atoms with Gasteiger partial charge in [0.15, 0.2) is 9.84 Å². The minimum Gasteiger partial charge on any atom is -0.229 e. The maximum atomic E-state index is 12.1. The number of rotatable bonds is 2. The van der Waals surface area contributed by atoms with Crippen LogP contribution >= 0.6 is 0 Å². The van der Waals surface area contributed by atoms with Crippen molar-refractivity contribution < 1.29 is 16.8 Å². The summed E-state index contributed by atoms with van der Waals surface area (Å²) in [5.74, 6) is -0.170. The number of piperidine rings is 1. The minimum atomic E-state index is -3.38. The van der Waals surface area contributed by atoms with Crippen molar-refractivity contribution in [2.24, 2.45) is 0 Å². The molecule has 0 saturated carbocycles. The fourth-order valence-corrected chi connectivity index (χ4v) is 6.93. The Morgan fingerprint density at radius 1 is 1.06 bits per heavy atom. The van der Waals surface area contributed by atoms with E-state index in [1.54, 1.807) is 0 Å². The smallest absolute Gasteiger partial charge is 0.218 e. The van der Waals surface area contributed by atoms with Crippen LogP contribution < -0.4 is 0 Å². The lowest BCUT2D eigenvalue weighted by molar-refractivity contribution is 0.343. The Morgan fingerprint density at radius 3 is 2.19 bits per heavy atom. The van der Waals surface area contributed by atoms with Crippen LogP contribution in [0.5, 0.6) is 0 Å². The average Bonchev–Trinajstić information content (AvgIpc) is 2.61.